The maximum Gasteiger partial charge on any atom is 0.235 e. The van der Waals surface area contributed by atoms with Crippen LogP contribution in [0.5, 0.6) is 5.88 Å². The number of hydrogen-bond donors (Lipinski definition) is 0. The van der Waals surface area contributed by atoms with E-state index in [0.29, 0.717) is 12.0 Å². The minimum absolute atomic E-state index is 0. The van der Waals surface area contributed by atoms with E-state index in [4.69, 9.17) is 4.74 Å². The summed E-state index contributed by atoms with van der Waals surface area (Å²) in [6.07, 6.45) is 2.06. The zero-order chi connectivity index (χ0) is 10.0. The Hall–Kier alpha value is -0.990. The van der Waals surface area contributed by atoms with Crippen LogP contribution in [0.15, 0.2) is 6.20 Å². The van der Waals surface area contributed by atoms with Crippen LogP contribution in [0.4, 0.5) is 0 Å². The summed E-state index contributed by atoms with van der Waals surface area (Å²) in [7, 11) is 1.67. The van der Waals surface area contributed by atoms with Crippen molar-refractivity contribution in [2.45, 2.75) is 47.1 Å². The number of nitrogens with zero attached hydrogens (tertiary/aromatic N) is 2. The summed E-state index contributed by atoms with van der Waals surface area (Å²) in [5, 5.41) is 4.34. The van der Waals surface area contributed by atoms with Crippen molar-refractivity contribution in [3.8, 4) is 5.88 Å². The summed E-state index contributed by atoms with van der Waals surface area (Å²) in [5.74, 6) is 1.21. The average Bonchev–Trinajstić information content (AvgIpc) is 2.47. The highest BCUT2D eigenvalue weighted by atomic mass is 16.5. The molecule has 0 aliphatic rings. The third-order valence-corrected chi connectivity index (χ3v) is 2.07. The third-order valence-electron chi connectivity index (χ3n) is 2.07. The van der Waals surface area contributed by atoms with Crippen molar-refractivity contribution in [3.05, 3.63) is 11.8 Å². The molecule has 0 aliphatic heterocycles. The fourth-order valence-electron chi connectivity index (χ4n) is 1.21. The Balaban J connectivity index is 0.00000169. The van der Waals surface area contributed by atoms with Crippen LogP contribution >= 0.6 is 0 Å². The smallest absolute Gasteiger partial charge is 0.235 e. The Labute approximate surface area is 87.1 Å². The average molecular weight is 198 g/mol. The molecule has 1 aromatic heterocycles. The highest BCUT2D eigenvalue weighted by Crippen LogP contribution is 2.25. The van der Waals surface area contributed by atoms with Crippen LogP contribution in [0.2, 0.25) is 0 Å². The zero-order valence-corrected chi connectivity index (χ0v) is 9.03. The predicted molar refractivity (Wildman–Crippen MR) is 60.0 cm³/mol. The van der Waals surface area contributed by atoms with Gasteiger partial charge in [-0.1, -0.05) is 21.3 Å². The Morgan fingerprint density at radius 2 is 1.86 bits per heavy atom. The summed E-state index contributed by atoms with van der Waals surface area (Å²) in [4.78, 5) is 0. The van der Waals surface area contributed by atoms with Gasteiger partial charge in [0.05, 0.1) is 7.11 Å². The van der Waals surface area contributed by atoms with E-state index in [0.717, 1.165) is 5.88 Å². The van der Waals surface area contributed by atoms with Crippen LogP contribution in [0.1, 0.15) is 52.6 Å². The second-order valence-electron chi connectivity index (χ2n) is 3.82. The molecular formula is C11H22N2O. The van der Waals surface area contributed by atoms with E-state index in [9.17, 15) is 0 Å². The van der Waals surface area contributed by atoms with E-state index in [1.54, 1.807) is 7.11 Å². The van der Waals surface area contributed by atoms with Crippen molar-refractivity contribution in [2.24, 2.45) is 0 Å². The Morgan fingerprint density at radius 1 is 1.29 bits per heavy atom. The molecule has 0 atom stereocenters. The van der Waals surface area contributed by atoms with Crippen molar-refractivity contribution >= 4 is 0 Å². The molecule has 0 aromatic carbocycles. The number of methoxy groups -OCH3 is 1. The summed E-state index contributed by atoms with van der Waals surface area (Å²) in [5.41, 5.74) is 1.18. The van der Waals surface area contributed by atoms with Crippen molar-refractivity contribution in [1.82, 2.24) is 9.78 Å². The maximum absolute atomic E-state index is 5.21. The number of ether oxygens (including phenoxy) is 1. The van der Waals surface area contributed by atoms with E-state index < -0.39 is 0 Å². The number of hydrogen-bond acceptors (Lipinski definition) is 2. The lowest BCUT2D eigenvalue weighted by atomic mass is 10.1. The van der Waals surface area contributed by atoms with E-state index in [1.165, 1.54) is 5.56 Å². The first-order valence-electron chi connectivity index (χ1n) is 4.69. The molecule has 0 saturated carbocycles. The fourth-order valence-corrected chi connectivity index (χ4v) is 1.21. The molecule has 0 saturated heterocycles. The molecule has 0 unspecified atom stereocenters. The molecule has 0 aliphatic carbocycles. The van der Waals surface area contributed by atoms with Crippen LogP contribution in [-0.4, -0.2) is 16.9 Å². The van der Waals surface area contributed by atoms with Crippen LogP contribution in [0.25, 0.3) is 0 Å². The van der Waals surface area contributed by atoms with E-state index >= 15 is 0 Å². The molecule has 1 rings (SSSR count). The molecule has 0 amide bonds. The van der Waals surface area contributed by atoms with Gasteiger partial charge in [-0.05, 0) is 19.8 Å². The normalized spacial score (nSPS) is 10.5. The van der Waals surface area contributed by atoms with Crippen LogP contribution in [-0.2, 0) is 0 Å². The lowest BCUT2D eigenvalue weighted by Gasteiger charge is -2.02. The first-order chi connectivity index (χ1) is 6.06. The highest BCUT2D eigenvalue weighted by Gasteiger charge is 2.13. The minimum Gasteiger partial charge on any atom is -0.480 e. The molecule has 0 radical (unpaired) electrons. The topological polar surface area (TPSA) is 27.1 Å². The van der Waals surface area contributed by atoms with Crippen LogP contribution in [0, 0.1) is 0 Å². The summed E-state index contributed by atoms with van der Waals surface area (Å²) in [6, 6.07) is 0.390. The van der Waals surface area contributed by atoms with Gasteiger partial charge in [0, 0.05) is 17.8 Å². The first kappa shape index (κ1) is 13.0. The van der Waals surface area contributed by atoms with Gasteiger partial charge < -0.3 is 4.74 Å². The molecule has 3 nitrogen and oxygen atoms in total. The molecule has 0 fully saturated rings. The van der Waals surface area contributed by atoms with Crippen molar-refractivity contribution in [3.63, 3.8) is 0 Å². The van der Waals surface area contributed by atoms with Crippen molar-refractivity contribution in [1.29, 1.82) is 0 Å². The monoisotopic (exact) mass is 198 g/mol. The molecule has 1 heterocycles. The second-order valence-corrected chi connectivity index (χ2v) is 3.82. The fraction of sp³-hybridized carbons (Fsp3) is 0.727. The maximum atomic E-state index is 5.21. The molecule has 1 aromatic rings. The summed E-state index contributed by atoms with van der Waals surface area (Å²) >= 11 is 0. The lowest BCUT2D eigenvalue weighted by molar-refractivity contribution is 0.378. The van der Waals surface area contributed by atoms with Crippen LogP contribution in [0.3, 0.4) is 0 Å². The third kappa shape index (κ3) is 2.50. The standard InChI is InChI=1S/C10H18N2O.CH4/c1-7(2)9-6-12(8(3)4)11-10(9)13-5;/h6-8H,1-5H3;1H4. The lowest BCUT2D eigenvalue weighted by Crippen LogP contribution is -2.00. The molecule has 3 heteroatoms. The second kappa shape index (κ2) is 5.03. The predicted octanol–water partition coefficient (Wildman–Crippen LogP) is 3.23. The Morgan fingerprint density at radius 3 is 2.14 bits per heavy atom. The number of aromatic nitrogens is 2. The molecule has 0 spiro atoms. The summed E-state index contributed by atoms with van der Waals surface area (Å²) in [6.45, 7) is 8.50. The first-order valence-corrected chi connectivity index (χ1v) is 4.69. The number of rotatable bonds is 3. The molecule has 14 heavy (non-hydrogen) atoms. The van der Waals surface area contributed by atoms with Gasteiger partial charge in [-0.2, -0.15) is 0 Å². The van der Waals surface area contributed by atoms with Gasteiger partial charge in [-0.15, -0.1) is 5.10 Å². The SMILES string of the molecule is C.COc1nn(C(C)C)cc1C(C)C. The van der Waals surface area contributed by atoms with Gasteiger partial charge >= 0.3 is 0 Å². The molecule has 82 valence electrons. The zero-order valence-electron chi connectivity index (χ0n) is 9.03. The van der Waals surface area contributed by atoms with E-state index in [2.05, 4.69) is 39.0 Å². The molecule has 0 N–H and O–H groups in total. The van der Waals surface area contributed by atoms with Gasteiger partial charge in [0.25, 0.3) is 0 Å². The Bertz CT molecular complexity index is 277. The van der Waals surface area contributed by atoms with Crippen molar-refractivity contribution in [2.75, 3.05) is 7.11 Å². The molecular weight excluding hydrogens is 176 g/mol. The van der Waals surface area contributed by atoms with Crippen LogP contribution < -0.4 is 4.74 Å². The van der Waals surface area contributed by atoms with Gasteiger partial charge in [0.1, 0.15) is 0 Å². The Kier molecular flexibility index (Phi) is 4.68. The van der Waals surface area contributed by atoms with Gasteiger partial charge in [-0.25, -0.2) is 0 Å². The van der Waals surface area contributed by atoms with E-state index in [-0.39, 0.29) is 7.43 Å². The van der Waals surface area contributed by atoms with E-state index in [1.807, 2.05) is 4.68 Å². The molecule has 0 bridgehead atoms. The minimum atomic E-state index is 0. The summed E-state index contributed by atoms with van der Waals surface area (Å²) < 4.78 is 7.14. The van der Waals surface area contributed by atoms with Crippen molar-refractivity contribution < 1.29 is 4.74 Å². The van der Waals surface area contributed by atoms with Gasteiger partial charge in [-0.3, -0.25) is 4.68 Å². The highest BCUT2D eigenvalue weighted by molar-refractivity contribution is 5.26. The largest absolute Gasteiger partial charge is 0.480 e. The quantitative estimate of drug-likeness (QED) is 0.745. The van der Waals surface area contributed by atoms with Gasteiger partial charge in [0.15, 0.2) is 0 Å². The van der Waals surface area contributed by atoms with Gasteiger partial charge in [0.2, 0.25) is 5.88 Å².